The molecule has 1 atom stereocenters. The van der Waals surface area contributed by atoms with E-state index in [1.165, 1.54) is 0 Å². The summed E-state index contributed by atoms with van der Waals surface area (Å²) < 4.78 is 0. The number of thioether (sulfide) groups is 1. The molecule has 5 nitrogen and oxygen atoms in total. The van der Waals surface area contributed by atoms with E-state index in [9.17, 15) is 9.59 Å². The number of hydrogen-bond donors (Lipinski definition) is 1. The van der Waals surface area contributed by atoms with Gasteiger partial charge in [0.05, 0.1) is 5.69 Å². The Labute approximate surface area is 90.0 Å². The molecule has 76 valence electrons. The number of rotatable bonds is 2. The fraction of sp³-hybridized carbons (Fsp3) is 0.111. The lowest BCUT2D eigenvalue weighted by atomic mass is 10.3. The second-order valence-electron chi connectivity index (χ2n) is 2.80. The van der Waals surface area contributed by atoms with Gasteiger partial charge in [-0.25, -0.2) is 0 Å². The van der Waals surface area contributed by atoms with Gasteiger partial charge in [0.25, 0.3) is 11.1 Å². The molecule has 2 rings (SSSR count). The topological polar surface area (TPSA) is 70.9 Å². The predicted molar refractivity (Wildman–Crippen MR) is 55.9 cm³/mol. The minimum Gasteiger partial charge on any atom is -0.284 e. The van der Waals surface area contributed by atoms with E-state index in [4.69, 9.17) is 0 Å². The maximum Gasteiger partial charge on any atom is 0.288 e. The van der Waals surface area contributed by atoms with Crippen LogP contribution in [0, 0.1) is 0 Å². The minimum absolute atomic E-state index is 0.378. The van der Waals surface area contributed by atoms with Crippen LogP contribution in [-0.4, -0.2) is 16.5 Å². The van der Waals surface area contributed by atoms with E-state index in [0.717, 1.165) is 11.8 Å². The highest BCUT2D eigenvalue weighted by Gasteiger charge is 2.31. The van der Waals surface area contributed by atoms with Crippen molar-refractivity contribution in [3.63, 3.8) is 0 Å². The first kappa shape index (κ1) is 9.85. The van der Waals surface area contributed by atoms with E-state index in [1.54, 1.807) is 12.1 Å². The third-order valence-electron chi connectivity index (χ3n) is 1.70. The Morgan fingerprint density at radius 2 is 1.93 bits per heavy atom. The molecule has 0 aliphatic carbocycles. The number of imide groups is 1. The van der Waals surface area contributed by atoms with Crippen LogP contribution in [0.25, 0.3) is 0 Å². The molecule has 6 heteroatoms. The highest BCUT2D eigenvalue weighted by atomic mass is 32.2. The molecule has 0 bridgehead atoms. The standard InChI is InChI=1S/C9H7N3O2S/c13-7-8(15-9(14)10-7)12-11-6-4-2-1-3-5-6/h1-5,8H,(H,10,13,14). The van der Waals surface area contributed by atoms with Crippen molar-refractivity contribution in [1.29, 1.82) is 0 Å². The van der Waals surface area contributed by atoms with Gasteiger partial charge < -0.3 is 0 Å². The average Bonchev–Trinajstić information content (AvgIpc) is 2.56. The summed E-state index contributed by atoms with van der Waals surface area (Å²) in [5.74, 6) is -0.412. The molecule has 1 heterocycles. The van der Waals surface area contributed by atoms with Crippen LogP contribution in [0.2, 0.25) is 0 Å². The fourth-order valence-electron chi connectivity index (χ4n) is 1.04. The Morgan fingerprint density at radius 1 is 1.20 bits per heavy atom. The molecule has 0 aromatic heterocycles. The Kier molecular flexibility index (Phi) is 2.77. The van der Waals surface area contributed by atoms with Crippen LogP contribution in [0.5, 0.6) is 0 Å². The third kappa shape index (κ3) is 2.41. The maximum atomic E-state index is 11.1. The van der Waals surface area contributed by atoms with Crippen molar-refractivity contribution >= 4 is 28.6 Å². The van der Waals surface area contributed by atoms with Gasteiger partial charge in [-0.3, -0.25) is 14.9 Å². The quantitative estimate of drug-likeness (QED) is 0.777. The van der Waals surface area contributed by atoms with Gasteiger partial charge in [0.15, 0.2) is 0 Å². The van der Waals surface area contributed by atoms with Crippen LogP contribution in [0.3, 0.4) is 0 Å². The van der Waals surface area contributed by atoms with Crippen LogP contribution in [0.4, 0.5) is 10.5 Å². The number of amides is 2. The zero-order valence-corrected chi connectivity index (χ0v) is 8.40. The normalized spacial score (nSPS) is 20.9. The Hall–Kier alpha value is -1.69. The summed E-state index contributed by atoms with van der Waals surface area (Å²) in [7, 11) is 0. The maximum absolute atomic E-state index is 11.1. The highest BCUT2D eigenvalue weighted by molar-refractivity contribution is 8.15. The molecule has 15 heavy (non-hydrogen) atoms. The van der Waals surface area contributed by atoms with Crippen molar-refractivity contribution in [2.45, 2.75) is 5.37 Å². The lowest BCUT2D eigenvalue weighted by Crippen LogP contribution is -2.22. The third-order valence-corrected chi connectivity index (χ3v) is 2.55. The first-order valence-corrected chi connectivity index (χ1v) is 5.11. The van der Waals surface area contributed by atoms with Crippen LogP contribution < -0.4 is 5.32 Å². The molecule has 2 amide bonds. The number of nitrogens with one attached hydrogen (secondary N) is 1. The summed E-state index contributed by atoms with van der Waals surface area (Å²) >= 11 is 0.833. The SMILES string of the molecule is O=C1NC(=O)C(N=Nc2ccccc2)S1. The molecule has 1 aromatic rings. The molecule has 1 unspecified atom stereocenters. The first-order valence-electron chi connectivity index (χ1n) is 4.23. The molecule has 0 spiro atoms. The number of benzene rings is 1. The van der Waals surface area contributed by atoms with Crippen LogP contribution >= 0.6 is 11.8 Å². The molecule has 1 aliphatic rings. The Balaban J connectivity index is 2.06. The summed E-state index contributed by atoms with van der Waals surface area (Å²) in [6, 6.07) is 9.04. The van der Waals surface area contributed by atoms with Gasteiger partial charge in [0.2, 0.25) is 5.37 Å². The number of carbonyl (C=O) groups is 2. The minimum atomic E-state index is -0.752. The Bertz CT molecular complexity index is 419. The summed E-state index contributed by atoms with van der Waals surface area (Å²) in [5, 5.41) is 8.65. The zero-order valence-electron chi connectivity index (χ0n) is 7.58. The first-order chi connectivity index (χ1) is 7.25. The van der Waals surface area contributed by atoms with Crippen LogP contribution in [-0.2, 0) is 4.79 Å². The zero-order chi connectivity index (χ0) is 10.7. The molecule has 1 aromatic carbocycles. The summed E-state index contributed by atoms with van der Waals surface area (Å²) in [5.41, 5.74) is 0.658. The number of nitrogens with zero attached hydrogens (tertiary/aromatic N) is 2. The van der Waals surface area contributed by atoms with Crippen molar-refractivity contribution in [1.82, 2.24) is 5.32 Å². The van der Waals surface area contributed by atoms with Crippen molar-refractivity contribution in [3.05, 3.63) is 30.3 Å². The number of carbonyl (C=O) groups excluding carboxylic acids is 2. The van der Waals surface area contributed by atoms with Gasteiger partial charge in [0, 0.05) is 0 Å². The molecule has 1 saturated heterocycles. The smallest absolute Gasteiger partial charge is 0.284 e. The Morgan fingerprint density at radius 3 is 2.53 bits per heavy atom. The summed E-state index contributed by atoms with van der Waals surface area (Å²) in [6.45, 7) is 0. The van der Waals surface area contributed by atoms with E-state index < -0.39 is 11.3 Å². The molecule has 1 aliphatic heterocycles. The van der Waals surface area contributed by atoms with Gasteiger partial charge >= 0.3 is 0 Å². The molecule has 1 fully saturated rings. The van der Waals surface area contributed by atoms with E-state index in [0.29, 0.717) is 5.69 Å². The van der Waals surface area contributed by atoms with Crippen molar-refractivity contribution in [2.75, 3.05) is 0 Å². The fourth-order valence-corrected chi connectivity index (χ4v) is 1.66. The molecule has 0 saturated carbocycles. The van der Waals surface area contributed by atoms with Gasteiger partial charge in [-0.15, -0.1) is 0 Å². The van der Waals surface area contributed by atoms with Crippen molar-refractivity contribution < 1.29 is 9.59 Å². The number of hydrogen-bond acceptors (Lipinski definition) is 5. The molecule has 0 radical (unpaired) electrons. The summed E-state index contributed by atoms with van der Waals surface area (Å²) in [4.78, 5) is 21.9. The van der Waals surface area contributed by atoms with Crippen LogP contribution in [0.15, 0.2) is 40.6 Å². The van der Waals surface area contributed by atoms with Crippen molar-refractivity contribution in [3.8, 4) is 0 Å². The van der Waals surface area contributed by atoms with E-state index >= 15 is 0 Å². The lowest BCUT2D eigenvalue weighted by molar-refractivity contribution is -0.118. The van der Waals surface area contributed by atoms with Gasteiger partial charge in [-0.1, -0.05) is 18.2 Å². The predicted octanol–water partition coefficient (Wildman–Crippen LogP) is 2.08. The van der Waals surface area contributed by atoms with Gasteiger partial charge in [0.1, 0.15) is 0 Å². The molecule has 1 N–H and O–H groups in total. The van der Waals surface area contributed by atoms with E-state index in [2.05, 4.69) is 15.5 Å². The average molecular weight is 221 g/mol. The highest BCUT2D eigenvalue weighted by Crippen LogP contribution is 2.22. The lowest BCUT2D eigenvalue weighted by Gasteiger charge is -1.94. The van der Waals surface area contributed by atoms with Crippen LogP contribution in [0.1, 0.15) is 0 Å². The van der Waals surface area contributed by atoms with E-state index in [1.807, 2.05) is 18.2 Å². The van der Waals surface area contributed by atoms with Gasteiger partial charge in [-0.2, -0.15) is 10.2 Å². The summed E-state index contributed by atoms with van der Waals surface area (Å²) in [6.07, 6.45) is 0. The second kappa shape index (κ2) is 4.22. The number of azo groups is 1. The molecular weight excluding hydrogens is 214 g/mol. The largest absolute Gasteiger partial charge is 0.288 e. The second-order valence-corrected chi connectivity index (χ2v) is 3.85. The molecular formula is C9H7N3O2S. The van der Waals surface area contributed by atoms with E-state index in [-0.39, 0.29) is 5.24 Å². The van der Waals surface area contributed by atoms with Crippen molar-refractivity contribution in [2.24, 2.45) is 10.2 Å². The van der Waals surface area contributed by atoms with Gasteiger partial charge in [-0.05, 0) is 23.9 Å². The monoisotopic (exact) mass is 221 g/mol.